The van der Waals surface area contributed by atoms with Gasteiger partial charge in [0.2, 0.25) is 0 Å². The molecule has 0 unspecified atom stereocenters. The normalized spacial score (nSPS) is 9.38. The summed E-state index contributed by atoms with van der Waals surface area (Å²) in [7, 11) is 1.39. The highest BCUT2D eigenvalue weighted by molar-refractivity contribution is 5.89. The number of hydrogen-bond acceptors (Lipinski definition) is 4. The van der Waals surface area contributed by atoms with Crippen LogP contribution in [0.3, 0.4) is 0 Å². The van der Waals surface area contributed by atoms with Gasteiger partial charge in [-0.15, -0.1) is 0 Å². The van der Waals surface area contributed by atoms with E-state index in [1.165, 1.54) is 25.3 Å². The van der Waals surface area contributed by atoms with Crippen LogP contribution in [-0.4, -0.2) is 23.4 Å². The van der Waals surface area contributed by atoms with Crippen molar-refractivity contribution in [2.45, 2.75) is 0 Å². The van der Waals surface area contributed by atoms with Crippen LogP contribution in [0.15, 0.2) is 18.2 Å². The molecule has 5 nitrogen and oxygen atoms in total. The van der Waals surface area contributed by atoms with E-state index in [0.29, 0.717) is 5.69 Å². The molecule has 1 rings (SSSR count). The lowest BCUT2D eigenvalue weighted by Gasteiger charge is -2.06. The number of carbonyl (C=O) groups is 1. The molecule has 3 N–H and O–H groups in total. The zero-order chi connectivity index (χ0) is 9.84. The lowest BCUT2D eigenvalue weighted by Crippen LogP contribution is -1.99. The van der Waals surface area contributed by atoms with Crippen LogP contribution in [0.1, 0.15) is 10.4 Å². The smallest absolute Gasteiger partial charge is 0.335 e. The molecular weight excluding hydrogens is 174 g/mol. The molecule has 1 aromatic carbocycles. The van der Waals surface area contributed by atoms with Crippen molar-refractivity contribution in [2.75, 3.05) is 12.6 Å². The Morgan fingerprint density at radius 1 is 1.54 bits per heavy atom. The van der Waals surface area contributed by atoms with Crippen LogP contribution in [-0.2, 0) is 0 Å². The maximum absolute atomic E-state index is 10.5. The third-order valence-corrected chi connectivity index (χ3v) is 1.57. The Labute approximate surface area is 74.5 Å². The van der Waals surface area contributed by atoms with Crippen molar-refractivity contribution in [1.29, 1.82) is 0 Å². The number of hydrogen-bond donors (Lipinski definition) is 3. The molecule has 70 valence electrons. The van der Waals surface area contributed by atoms with Gasteiger partial charge >= 0.3 is 5.97 Å². The molecule has 0 aliphatic carbocycles. The molecule has 1 aromatic rings. The SMILES string of the molecule is COc1cc(C(=O)O)ccc1NO. The van der Waals surface area contributed by atoms with Crippen molar-refractivity contribution < 1.29 is 19.8 Å². The lowest BCUT2D eigenvalue weighted by molar-refractivity contribution is 0.0696. The topological polar surface area (TPSA) is 78.8 Å². The Kier molecular flexibility index (Phi) is 2.71. The van der Waals surface area contributed by atoms with E-state index in [4.69, 9.17) is 15.1 Å². The van der Waals surface area contributed by atoms with E-state index >= 15 is 0 Å². The largest absolute Gasteiger partial charge is 0.494 e. The zero-order valence-electron chi connectivity index (χ0n) is 6.94. The highest BCUT2D eigenvalue weighted by Crippen LogP contribution is 2.24. The highest BCUT2D eigenvalue weighted by Gasteiger charge is 2.07. The predicted molar refractivity (Wildman–Crippen MR) is 45.4 cm³/mol. The van der Waals surface area contributed by atoms with Crippen molar-refractivity contribution in [3.05, 3.63) is 23.8 Å². The number of nitrogens with one attached hydrogen (secondary N) is 1. The molecule has 13 heavy (non-hydrogen) atoms. The number of aromatic carboxylic acids is 1. The molecule has 0 amide bonds. The van der Waals surface area contributed by atoms with Gasteiger partial charge < -0.3 is 9.84 Å². The van der Waals surface area contributed by atoms with Crippen LogP contribution in [0.25, 0.3) is 0 Å². The van der Waals surface area contributed by atoms with Gasteiger partial charge in [0.1, 0.15) is 11.4 Å². The summed E-state index contributed by atoms with van der Waals surface area (Å²) in [5.74, 6) is -0.759. The minimum absolute atomic E-state index is 0.107. The third kappa shape index (κ3) is 1.88. The van der Waals surface area contributed by atoms with Crippen molar-refractivity contribution in [3.8, 4) is 5.75 Å². The van der Waals surface area contributed by atoms with Crippen molar-refractivity contribution in [3.63, 3.8) is 0 Å². The second kappa shape index (κ2) is 3.77. The number of ether oxygens (including phenoxy) is 1. The second-order valence-electron chi connectivity index (χ2n) is 2.33. The Hall–Kier alpha value is -1.75. The van der Waals surface area contributed by atoms with E-state index < -0.39 is 5.97 Å². The number of carboxylic acid groups (broad SMARTS) is 1. The first-order valence-electron chi connectivity index (χ1n) is 3.50. The van der Waals surface area contributed by atoms with Crippen LogP contribution in [0.5, 0.6) is 5.75 Å². The fourth-order valence-corrected chi connectivity index (χ4v) is 0.917. The van der Waals surface area contributed by atoms with Crippen LogP contribution < -0.4 is 10.2 Å². The van der Waals surface area contributed by atoms with Gasteiger partial charge in [-0.25, -0.2) is 4.79 Å². The van der Waals surface area contributed by atoms with Crippen LogP contribution in [0, 0.1) is 0 Å². The summed E-state index contributed by atoms with van der Waals surface area (Å²) in [6, 6.07) is 4.10. The van der Waals surface area contributed by atoms with Gasteiger partial charge in [-0.05, 0) is 18.2 Å². The number of anilines is 1. The Bertz CT molecular complexity index is 324. The number of benzene rings is 1. The molecule has 0 aliphatic heterocycles. The molecule has 0 aliphatic rings. The summed E-state index contributed by atoms with van der Waals surface area (Å²) in [6.07, 6.45) is 0. The van der Waals surface area contributed by atoms with Gasteiger partial charge in [0, 0.05) is 0 Å². The van der Waals surface area contributed by atoms with Gasteiger partial charge in [-0.3, -0.25) is 10.7 Å². The summed E-state index contributed by atoms with van der Waals surface area (Å²) in [4.78, 5) is 10.5. The fraction of sp³-hybridized carbons (Fsp3) is 0.125. The van der Waals surface area contributed by atoms with Gasteiger partial charge in [-0.2, -0.15) is 0 Å². The molecule has 0 heterocycles. The van der Waals surface area contributed by atoms with Gasteiger partial charge in [0.15, 0.2) is 0 Å². The molecular formula is C8H9NO4. The van der Waals surface area contributed by atoms with Crippen molar-refractivity contribution in [1.82, 2.24) is 0 Å². The number of carboxylic acids is 1. The van der Waals surface area contributed by atoms with E-state index in [1.54, 1.807) is 0 Å². The Morgan fingerprint density at radius 2 is 2.23 bits per heavy atom. The van der Waals surface area contributed by atoms with Gasteiger partial charge in [-0.1, -0.05) is 0 Å². The number of rotatable bonds is 3. The second-order valence-corrected chi connectivity index (χ2v) is 2.33. The summed E-state index contributed by atoms with van der Waals surface area (Å²) in [5.41, 5.74) is 2.33. The van der Waals surface area contributed by atoms with E-state index in [0.717, 1.165) is 0 Å². The van der Waals surface area contributed by atoms with Crippen molar-refractivity contribution in [2.24, 2.45) is 0 Å². The molecule has 0 radical (unpaired) electrons. The fourth-order valence-electron chi connectivity index (χ4n) is 0.917. The molecule has 0 fully saturated rings. The average Bonchev–Trinajstić information content (AvgIpc) is 2.16. The molecule has 5 heteroatoms. The maximum atomic E-state index is 10.5. The quantitative estimate of drug-likeness (QED) is 0.613. The first kappa shape index (κ1) is 9.34. The van der Waals surface area contributed by atoms with Crippen LogP contribution in [0.4, 0.5) is 5.69 Å². The standard InChI is InChI=1S/C8H9NO4/c1-13-7-4-5(8(10)11)2-3-6(7)9-12/h2-4,9,12H,1H3,(H,10,11). The van der Waals surface area contributed by atoms with Crippen LogP contribution in [0.2, 0.25) is 0 Å². The lowest BCUT2D eigenvalue weighted by atomic mass is 10.2. The summed E-state index contributed by atoms with van der Waals surface area (Å²) in [6.45, 7) is 0. The average molecular weight is 183 g/mol. The van der Waals surface area contributed by atoms with Crippen molar-refractivity contribution >= 4 is 11.7 Å². The van der Waals surface area contributed by atoms with E-state index in [1.807, 2.05) is 5.48 Å². The monoisotopic (exact) mass is 183 g/mol. The Balaban J connectivity index is 3.13. The summed E-state index contributed by atoms with van der Waals surface area (Å²) >= 11 is 0. The minimum atomic E-state index is -1.04. The molecule has 0 saturated heterocycles. The van der Waals surface area contributed by atoms with Crippen LogP contribution >= 0.6 is 0 Å². The first-order chi connectivity index (χ1) is 6.19. The van der Waals surface area contributed by atoms with Gasteiger partial charge in [0.25, 0.3) is 0 Å². The third-order valence-electron chi connectivity index (χ3n) is 1.57. The predicted octanol–water partition coefficient (Wildman–Crippen LogP) is 1.19. The number of methoxy groups -OCH3 is 1. The summed E-state index contributed by atoms with van der Waals surface area (Å²) < 4.78 is 4.84. The molecule has 0 spiro atoms. The van der Waals surface area contributed by atoms with E-state index in [-0.39, 0.29) is 11.3 Å². The molecule has 0 saturated carbocycles. The Morgan fingerprint density at radius 3 is 2.69 bits per heavy atom. The highest BCUT2D eigenvalue weighted by atomic mass is 16.5. The van der Waals surface area contributed by atoms with Gasteiger partial charge in [0.05, 0.1) is 12.7 Å². The molecule has 0 bridgehead atoms. The van der Waals surface area contributed by atoms with E-state index in [2.05, 4.69) is 0 Å². The zero-order valence-corrected chi connectivity index (χ0v) is 6.94. The first-order valence-corrected chi connectivity index (χ1v) is 3.50. The molecule has 0 atom stereocenters. The minimum Gasteiger partial charge on any atom is -0.494 e. The summed E-state index contributed by atoms with van der Waals surface area (Å²) in [5, 5.41) is 17.2. The van der Waals surface area contributed by atoms with E-state index in [9.17, 15) is 4.79 Å². The molecule has 0 aromatic heterocycles. The maximum Gasteiger partial charge on any atom is 0.335 e.